The molecule has 8 heteroatoms. The Bertz CT molecular complexity index is 1130. The molecule has 7 nitrogen and oxygen atoms in total. The number of benzene rings is 2. The molecule has 178 valence electrons. The second-order valence-corrected chi connectivity index (χ2v) is 8.12. The summed E-state index contributed by atoms with van der Waals surface area (Å²) in [6, 6.07) is 11.2. The third-order valence-electron chi connectivity index (χ3n) is 5.84. The van der Waals surface area contributed by atoms with Crippen molar-refractivity contribution in [2.45, 2.75) is 26.2 Å². The van der Waals surface area contributed by atoms with Gasteiger partial charge >= 0.3 is 0 Å². The van der Waals surface area contributed by atoms with Crippen LogP contribution in [-0.4, -0.2) is 49.2 Å². The molecule has 1 fully saturated rings. The number of aryl methyl sites for hydroxylation is 2. The molecule has 34 heavy (non-hydrogen) atoms. The fraction of sp³-hybridized carbons (Fsp3) is 0.346. The van der Waals surface area contributed by atoms with Crippen molar-refractivity contribution >= 4 is 23.1 Å². The van der Waals surface area contributed by atoms with Gasteiger partial charge in [0, 0.05) is 48.8 Å². The first kappa shape index (κ1) is 23.6. The molecule has 0 unspecified atom stereocenters. The molecule has 0 bridgehead atoms. The highest BCUT2D eigenvalue weighted by molar-refractivity contribution is 5.96. The number of halogens is 1. The molecule has 2 heterocycles. The van der Waals surface area contributed by atoms with Gasteiger partial charge in [-0.15, -0.1) is 0 Å². The van der Waals surface area contributed by atoms with E-state index in [4.69, 9.17) is 9.47 Å². The number of anilines is 3. The van der Waals surface area contributed by atoms with E-state index in [1.807, 2.05) is 12.1 Å². The Morgan fingerprint density at radius 2 is 1.91 bits per heavy atom. The lowest BCUT2D eigenvalue weighted by Crippen LogP contribution is -2.36. The zero-order valence-corrected chi connectivity index (χ0v) is 19.5. The van der Waals surface area contributed by atoms with Crippen LogP contribution in [-0.2, 0) is 17.6 Å². The summed E-state index contributed by atoms with van der Waals surface area (Å²) >= 11 is 0. The number of ketones is 1. The average molecular weight is 465 g/mol. The molecule has 2 aromatic carbocycles. The SMILES string of the molecule is CCC(=O)c1cc(CCc2cnc(Nc3cccc(N4CCOCC4)c3)nc2)c(F)c(OC)c1. The van der Waals surface area contributed by atoms with Crippen molar-refractivity contribution in [3.05, 3.63) is 71.3 Å². The van der Waals surface area contributed by atoms with Gasteiger partial charge in [-0.2, -0.15) is 0 Å². The summed E-state index contributed by atoms with van der Waals surface area (Å²) in [7, 11) is 1.40. The van der Waals surface area contributed by atoms with E-state index in [1.54, 1.807) is 25.4 Å². The van der Waals surface area contributed by atoms with Crippen LogP contribution in [0.15, 0.2) is 48.8 Å². The van der Waals surface area contributed by atoms with E-state index in [1.165, 1.54) is 13.2 Å². The first-order valence-corrected chi connectivity index (χ1v) is 11.5. The van der Waals surface area contributed by atoms with Crippen molar-refractivity contribution in [2.75, 3.05) is 43.6 Å². The summed E-state index contributed by atoms with van der Waals surface area (Å²) < 4.78 is 25.3. The van der Waals surface area contributed by atoms with Gasteiger partial charge in [0.1, 0.15) is 0 Å². The van der Waals surface area contributed by atoms with Gasteiger partial charge in [-0.3, -0.25) is 4.79 Å². The minimum atomic E-state index is -0.436. The lowest BCUT2D eigenvalue weighted by molar-refractivity contribution is 0.0987. The smallest absolute Gasteiger partial charge is 0.227 e. The van der Waals surface area contributed by atoms with Gasteiger partial charge in [-0.05, 0) is 54.3 Å². The van der Waals surface area contributed by atoms with E-state index in [0.717, 1.165) is 43.2 Å². The van der Waals surface area contributed by atoms with Crippen LogP contribution in [0, 0.1) is 5.82 Å². The molecule has 1 aliphatic heterocycles. The van der Waals surface area contributed by atoms with Crippen LogP contribution >= 0.6 is 0 Å². The molecule has 0 amide bonds. The van der Waals surface area contributed by atoms with Crippen LogP contribution in [0.2, 0.25) is 0 Å². The Kier molecular flexibility index (Phi) is 7.69. The molecular formula is C26H29FN4O3. The van der Waals surface area contributed by atoms with Crippen LogP contribution in [0.25, 0.3) is 0 Å². The first-order chi connectivity index (χ1) is 16.6. The predicted molar refractivity (Wildman–Crippen MR) is 130 cm³/mol. The maximum absolute atomic E-state index is 14.7. The highest BCUT2D eigenvalue weighted by atomic mass is 19.1. The number of Topliss-reactive ketones (excluding diaryl/α,β-unsaturated/α-hetero) is 1. The van der Waals surface area contributed by atoms with Crippen LogP contribution in [0.1, 0.15) is 34.8 Å². The molecule has 1 N–H and O–H groups in total. The maximum atomic E-state index is 14.7. The Balaban J connectivity index is 1.41. The predicted octanol–water partition coefficient (Wildman–Crippen LogP) is 4.58. The number of methoxy groups -OCH3 is 1. The lowest BCUT2D eigenvalue weighted by atomic mass is 10.00. The summed E-state index contributed by atoms with van der Waals surface area (Å²) in [5.41, 5.74) is 3.82. The highest BCUT2D eigenvalue weighted by Crippen LogP contribution is 2.26. The topological polar surface area (TPSA) is 76.6 Å². The van der Waals surface area contributed by atoms with Crippen LogP contribution in [0.4, 0.5) is 21.7 Å². The van der Waals surface area contributed by atoms with E-state index in [0.29, 0.717) is 36.3 Å². The Morgan fingerprint density at radius 3 is 2.62 bits per heavy atom. The van der Waals surface area contributed by atoms with Crippen molar-refractivity contribution in [2.24, 2.45) is 0 Å². The molecule has 4 rings (SSSR count). The van der Waals surface area contributed by atoms with Gasteiger partial charge in [0.05, 0.1) is 20.3 Å². The second kappa shape index (κ2) is 11.1. The fourth-order valence-electron chi connectivity index (χ4n) is 3.91. The summed E-state index contributed by atoms with van der Waals surface area (Å²) in [6.45, 7) is 4.99. The first-order valence-electron chi connectivity index (χ1n) is 11.5. The third kappa shape index (κ3) is 5.69. The highest BCUT2D eigenvalue weighted by Gasteiger charge is 2.15. The summed E-state index contributed by atoms with van der Waals surface area (Å²) in [6.07, 6.45) is 4.77. The minimum Gasteiger partial charge on any atom is -0.494 e. The van der Waals surface area contributed by atoms with Gasteiger partial charge in [0.2, 0.25) is 5.95 Å². The molecule has 0 spiro atoms. The largest absolute Gasteiger partial charge is 0.494 e. The number of morpholine rings is 1. The minimum absolute atomic E-state index is 0.0454. The molecule has 0 aliphatic carbocycles. The monoisotopic (exact) mass is 464 g/mol. The van der Waals surface area contributed by atoms with E-state index in [-0.39, 0.29) is 11.5 Å². The number of nitrogens with one attached hydrogen (secondary N) is 1. The van der Waals surface area contributed by atoms with Gasteiger partial charge < -0.3 is 19.7 Å². The lowest BCUT2D eigenvalue weighted by Gasteiger charge is -2.29. The molecule has 1 aliphatic rings. The van der Waals surface area contributed by atoms with E-state index < -0.39 is 5.82 Å². The second-order valence-electron chi connectivity index (χ2n) is 8.12. The Labute approximate surface area is 198 Å². The summed E-state index contributed by atoms with van der Waals surface area (Å²) in [5, 5.41) is 3.24. The van der Waals surface area contributed by atoms with Crippen molar-refractivity contribution in [3.8, 4) is 5.75 Å². The number of hydrogen-bond donors (Lipinski definition) is 1. The molecule has 1 saturated heterocycles. The Morgan fingerprint density at radius 1 is 1.15 bits per heavy atom. The summed E-state index contributed by atoms with van der Waals surface area (Å²) in [5.74, 6) is 0.0983. The quantitative estimate of drug-likeness (QED) is 0.465. The molecule has 0 radical (unpaired) electrons. The fourth-order valence-corrected chi connectivity index (χ4v) is 3.91. The number of ether oxygens (including phenoxy) is 2. The van der Waals surface area contributed by atoms with Crippen LogP contribution in [0.3, 0.4) is 0 Å². The Hall–Kier alpha value is -3.52. The van der Waals surface area contributed by atoms with E-state index in [9.17, 15) is 9.18 Å². The molecule has 1 aromatic heterocycles. The summed E-state index contributed by atoms with van der Waals surface area (Å²) in [4.78, 5) is 23.2. The van der Waals surface area contributed by atoms with Crippen molar-refractivity contribution in [1.82, 2.24) is 9.97 Å². The van der Waals surface area contributed by atoms with Crippen molar-refractivity contribution in [3.63, 3.8) is 0 Å². The van der Waals surface area contributed by atoms with Gasteiger partial charge in [-0.1, -0.05) is 13.0 Å². The van der Waals surface area contributed by atoms with Crippen LogP contribution in [0.5, 0.6) is 5.75 Å². The number of carbonyl (C=O) groups is 1. The third-order valence-corrected chi connectivity index (χ3v) is 5.84. The van der Waals surface area contributed by atoms with E-state index in [2.05, 4.69) is 32.3 Å². The van der Waals surface area contributed by atoms with Gasteiger partial charge in [-0.25, -0.2) is 14.4 Å². The molecule has 0 atom stereocenters. The number of carbonyl (C=O) groups excluding carboxylic acids is 1. The number of nitrogens with zero attached hydrogens (tertiary/aromatic N) is 3. The van der Waals surface area contributed by atoms with Gasteiger partial charge in [0.15, 0.2) is 17.3 Å². The standard InChI is InChI=1S/C26H29FN4O3/c1-3-23(32)20-13-19(25(27)24(14-20)33-2)8-7-18-16-28-26(29-17-18)30-21-5-4-6-22(15-21)31-9-11-34-12-10-31/h4-6,13-17H,3,7-12H2,1-2H3,(H,28,29,30). The zero-order chi connectivity index (χ0) is 23.9. The number of rotatable bonds is 9. The molecular weight excluding hydrogens is 435 g/mol. The normalized spacial score (nSPS) is 13.6. The average Bonchev–Trinajstić information content (AvgIpc) is 2.89. The van der Waals surface area contributed by atoms with Crippen molar-refractivity contribution in [1.29, 1.82) is 0 Å². The zero-order valence-electron chi connectivity index (χ0n) is 19.5. The number of aromatic nitrogens is 2. The molecule has 0 saturated carbocycles. The van der Waals surface area contributed by atoms with Gasteiger partial charge in [0.25, 0.3) is 0 Å². The molecule has 3 aromatic rings. The van der Waals surface area contributed by atoms with E-state index >= 15 is 0 Å². The van der Waals surface area contributed by atoms with Crippen LogP contribution < -0.4 is 15.0 Å². The number of hydrogen-bond acceptors (Lipinski definition) is 7. The van der Waals surface area contributed by atoms with Crippen molar-refractivity contribution < 1.29 is 18.7 Å². The maximum Gasteiger partial charge on any atom is 0.227 e.